The lowest BCUT2D eigenvalue weighted by molar-refractivity contribution is 0.271. The van der Waals surface area contributed by atoms with Gasteiger partial charge >= 0.3 is 0 Å². The second kappa shape index (κ2) is 10.0. The van der Waals surface area contributed by atoms with Gasteiger partial charge in [0.15, 0.2) is 0 Å². The number of rotatable bonds is 6. The molecular formula is C30H33N3O2. The monoisotopic (exact) mass is 467 g/mol. The fourth-order valence-corrected chi connectivity index (χ4v) is 5.22. The van der Waals surface area contributed by atoms with E-state index in [2.05, 4.69) is 60.3 Å². The lowest BCUT2D eigenvalue weighted by Crippen LogP contribution is -2.35. The molecule has 2 N–H and O–H groups in total. The molecule has 5 heteroatoms. The number of aromatic nitrogens is 2. The van der Waals surface area contributed by atoms with Crippen molar-refractivity contribution in [3.63, 3.8) is 0 Å². The number of benzene rings is 2. The first-order valence-corrected chi connectivity index (χ1v) is 12.6. The van der Waals surface area contributed by atoms with Crippen molar-refractivity contribution >= 4 is 10.9 Å². The van der Waals surface area contributed by atoms with Gasteiger partial charge in [0.1, 0.15) is 5.75 Å². The average Bonchev–Trinajstić information content (AvgIpc) is 2.84. The molecule has 0 bridgehead atoms. The van der Waals surface area contributed by atoms with Gasteiger partial charge in [0.05, 0.1) is 23.4 Å². The van der Waals surface area contributed by atoms with Gasteiger partial charge in [-0.1, -0.05) is 41.8 Å². The fraction of sp³-hybridized carbons (Fsp3) is 0.333. The van der Waals surface area contributed by atoms with Crippen molar-refractivity contribution < 1.29 is 4.74 Å². The zero-order valence-electron chi connectivity index (χ0n) is 20.8. The molecule has 1 aliphatic rings. The van der Waals surface area contributed by atoms with Crippen LogP contribution in [0.5, 0.6) is 5.75 Å². The molecule has 1 atom stereocenters. The molecule has 1 fully saturated rings. The Kier molecular flexibility index (Phi) is 6.69. The summed E-state index contributed by atoms with van der Waals surface area (Å²) in [5, 5.41) is 4.50. The van der Waals surface area contributed by atoms with Crippen molar-refractivity contribution in [2.24, 2.45) is 0 Å². The third-order valence-corrected chi connectivity index (χ3v) is 6.89. The number of fused-ring (bicyclic) bond motifs is 1. The Morgan fingerprint density at radius 1 is 1.03 bits per heavy atom. The highest BCUT2D eigenvalue weighted by atomic mass is 16.5. The molecule has 35 heavy (non-hydrogen) atoms. The zero-order valence-corrected chi connectivity index (χ0v) is 20.8. The minimum Gasteiger partial charge on any atom is -0.492 e. The van der Waals surface area contributed by atoms with Crippen molar-refractivity contribution in [2.45, 2.75) is 52.5 Å². The molecule has 1 unspecified atom stereocenters. The molecule has 180 valence electrons. The van der Waals surface area contributed by atoms with Gasteiger partial charge in [0, 0.05) is 23.2 Å². The number of aromatic amines is 1. The summed E-state index contributed by atoms with van der Waals surface area (Å²) in [6.45, 7) is 7.79. The van der Waals surface area contributed by atoms with Gasteiger partial charge in [-0.25, -0.2) is 0 Å². The maximum Gasteiger partial charge on any atom is 0.260 e. The van der Waals surface area contributed by atoms with Crippen LogP contribution >= 0.6 is 0 Å². The molecule has 0 amide bonds. The molecule has 5 rings (SSSR count). The van der Waals surface area contributed by atoms with Crippen LogP contribution in [0.2, 0.25) is 0 Å². The molecule has 1 aliphatic heterocycles. The van der Waals surface area contributed by atoms with E-state index in [1.54, 1.807) is 6.20 Å². The van der Waals surface area contributed by atoms with Gasteiger partial charge in [0.2, 0.25) is 0 Å². The Bertz CT molecular complexity index is 1380. The van der Waals surface area contributed by atoms with Crippen molar-refractivity contribution in [1.82, 2.24) is 15.3 Å². The second-order valence-corrected chi connectivity index (χ2v) is 9.75. The molecule has 2 aromatic carbocycles. The van der Waals surface area contributed by atoms with Crippen LogP contribution < -0.4 is 15.6 Å². The van der Waals surface area contributed by atoms with Gasteiger partial charge < -0.3 is 15.0 Å². The van der Waals surface area contributed by atoms with Crippen LogP contribution in [0.25, 0.3) is 33.3 Å². The van der Waals surface area contributed by atoms with E-state index in [0.29, 0.717) is 24.0 Å². The van der Waals surface area contributed by atoms with Crippen molar-refractivity contribution in [2.75, 3.05) is 13.2 Å². The smallest absolute Gasteiger partial charge is 0.260 e. The van der Waals surface area contributed by atoms with Crippen LogP contribution in [-0.4, -0.2) is 29.2 Å². The van der Waals surface area contributed by atoms with E-state index in [4.69, 9.17) is 4.74 Å². The number of aryl methyl sites for hydroxylation is 3. The molecule has 4 aromatic rings. The third kappa shape index (κ3) is 5.01. The standard InChI is InChI=1S/C30H33N3O2/c1-19-14-20(2)16-22(15-19)28-29(35-13-10-23-8-4-6-11-31-23)25-18-24(26-9-5-7-12-32-26)21(3)17-27(25)33-30(28)34/h5,7,9,12,14-18,23,31H,4,6,8,10-11,13H2,1-3H3,(H,33,34). The number of hydrogen-bond donors (Lipinski definition) is 2. The predicted octanol–water partition coefficient (Wildman–Crippen LogP) is 6.09. The maximum absolute atomic E-state index is 13.4. The minimum atomic E-state index is -0.127. The summed E-state index contributed by atoms with van der Waals surface area (Å²) in [4.78, 5) is 21.1. The largest absolute Gasteiger partial charge is 0.492 e. The van der Waals surface area contributed by atoms with E-state index >= 15 is 0 Å². The average molecular weight is 468 g/mol. The molecule has 0 saturated carbocycles. The maximum atomic E-state index is 13.4. The Morgan fingerprint density at radius 2 is 1.86 bits per heavy atom. The van der Waals surface area contributed by atoms with Crippen LogP contribution in [0, 0.1) is 20.8 Å². The minimum absolute atomic E-state index is 0.127. The molecule has 2 aromatic heterocycles. The Hall–Kier alpha value is -3.44. The third-order valence-electron chi connectivity index (χ3n) is 6.89. The number of hydrogen-bond acceptors (Lipinski definition) is 4. The Balaban J connectivity index is 1.66. The van der Waals surface area contributed by atoms with E-state index in [1.165, 1.54) is 19.3 Å². The topological polar surface area (TPSA) is 67.0 Å². The van der Waals surface area contributed by atoms with Gasteiger partial charge in [-0.3, -0.25) is 9.78 Å². The molecule has 0 aliphatic carbocycles. The first-order chi connectivity index (χ1) is 17.0. The second-order valence-electron chi connectivity index (χ2n) is 9.75. The fourth-order valence-electron chi connectivity index (χ4n) is 5.22. The van der Waals surface area contributed by atoms with Gasteiger partial charge in [0.25, 0.3) is 5.56 Å². The summed E-state index contributed by atoms with van der Waals surface area (Å²) in [6.07, 6.45) is 6.39. The van der Waals surface area contributed by atoms with E-state index in [1.807, 2.05) is 24.3 Å². The number of ether oxygens (including phenoxy) is 1. The summed E-state index contributed by atoms with van der Waals surface area (Å²) in [6, 6.07) is 16.8. The summed E-state index contributed by atoms with van der Waals surface area (Å²) in [5.74, 6) is 0.654. The highest BCUT2D eigenvalue weighted by Gasteiger charge is 2.20. The number of H-pyrrole nitrogens is 1. The lowest BCUT2D eigenvalue weighted by Gasteiger charge is -2.24. The van der Waals surface area contributed by atoms with Crippen LogP contribution in [0.4, 0.5) is 0 Å². The van der Waals surface area contributed by atoms with Crippen LogP contribution in [0.15, 0.2) is 59.5 Å². The summed E-state index contributed by atoms with van der Waals surface area (Å²) in [7, 11) is 0. The van der Waals surface area contributed by atoms with Crippen molar-refractivity contribution in [3.05, 3.63) is 81.8 Å². The molecule has 1 saturated heterocycles. The highest BCUT2D eigenvalue weighted by molar-refractivity contribution is 5.95. The number of nitrogens with one attached hydrogen (secondary N) is 2. The van der Waals surface area contributed by atoms with E-state index in [0.717, 1.165) is 57.4 Å². The first kappa shape index (κ1) is 23.3. The van der Waals surface area contributed by atoms with Crippen molar-refractivity contribution in [3.8, 4) is 28.1 Å². The zero-order chi connectivity index (χ0) is 24.4. The Labute approximate surface area is 206 Å². The van der Waals surface area contributed by atoms with Gasteiger partial charge in [-0.15, -0.1) is 0 Å². The summed E-state index contributed by atoms with van der Waals surface area (Å²) < 4.78 is 6.52. The van der Waals surface area contributed by atoms with E-state index < -0.39 is 0 Å². The summed E-state index contributed by atoms with van der Waals surface area (Å²) in [5.41, 5.74) is 7.38. The number of nitrogens with zero attached hydrogens (tertiary/aromatic N) is 1. The van der Waals surface area contributed by atoms with Crippen LogP contribution in [-0.2, 0) is 0 Å². The molecule has 0 spiro atoms. The normalized spacial score (nSPS) is 15.9. The van der Waals surface area contributed by atoms with Gasteiger partial charge in [-0.2, -0.15) is 0 Å². The SMILES string of the molecule is Cc1cc(C)cc(-c2c(OCCC3CCCCN3)c3cc(-c4ccccn4)c(C)cc3[nH]c2=O)c1. The summed E-state index contributed by atoms with van der Waals surface area (Å²) >= 11 is 0. The lowest BCUT2D eigenvalue weighted by atomic mass is 9.96. The molecular weight excluding hydrogens is 434 g/mol. The Morgan fingerprint density at radius 3 is 2.57 bits per heavy atom. The molecule has 3 heterocycles. The first-order valence-electron chi connectivity index (χ1n) is 12.6. The van der Waals surface area contributed by atoms with Gasteiger partial charge in [-0.05, 0) is 82.0 Å². The predicted molar refractivity (Wildman–Crippen MR) is 143 cm³/mol. The number of pyridine rings is 2. The van der Waals surface area contributed by atoms with Crippen LogP contribution in [0.3, 0.4) is 0 Å². The van der Waals surface area contributed by atoms with E-state index in [9.17, 15) is 4.79 Å². The molecule has 5 nitrogen and oxygen atoms in total. The number of piperidine rings is 1. The van der Waals surface area contributed by atoms with E-state index in [-0.39, 0.29) is 5.56 Å². The van der Waals surface area contributed by atoms with Crippen LogP contribution in [0.1, 0.15) is 42.4 Å². The highest BCUT2D eigenvalue weighted by Crippen LogP contribution is 2.37. The molecule has 0 radical (unpaired) electrons. The van der Waals surface area contributed by atoms with Crippen molar-refractivity contribution in [1.29, 1.82) is 0 Å². The quantitative estimate of drug-likeness (QED) is 0.360.